The van der Waals surface area contributed by atoms with E-state index in [0.717, 1.165) is 26.0 Å². The predicted octanol–water partition coefficient (Wildman–Crippen LogP) is 0.131. The molecule has 0 unspecified atom stereocenters. The van der Waals surface area contributed by atoms with Crippen molar-refractivity contribution in [1.82, 2.24) is 19.9 Å². The Morgan fingerprint density at radius 1 is 1.26 bits per heavy atom. The number of likely N-dealkylation sites (N-methyl/N-ethyl adjacent to an activating group) is 1. The fourth-order valence-corrected chi connectivity index (χ4v) is 2.14. The average Bonchev–Trinajstić information content (AvgIpc) is 2.80. The standard InChI is InChI=1S/C12H22N6O/c1-17(2)12-15-10(14-11(13)16-12)8-18(3)7-9-5-4-6-19-9/h9H,4-8H2,1-3H3,(H2,13,14,15,16)/t9-/m1/s1. The number of nitrogens with zero attached hydrogens (tertiary/aromatic N) is 5. The Bertz CT molecular complexity index is 419. The van der Waals surface area contributed by atoms with Gasteiger partial charge in [-0.05, 0) is 19.9 Å². The summed E-state index contributed by atoms with van der Waals surface area (Å²) < 4.78 is 5.62. The minimum atomic E-state index is 0.263. The van der Waals surface area contributed by atoms with E-state index in [1.165, 1.54) is 0 Å². The second kappa shape index (κ2) is 6.12. The van der Waals surface area contributed by atoms with Gasteiger partial charge in [-0.25, -0.2) is 0 Å². The number of nitrogen functional groups attached to an aromatic ring is 1. The Hall–Kier alpha value is -1.47. The zero-order valence-electron chi connectivity index (χ0n) is 11.8. The van der Waals surface area contributed by atoms with Crippen LogP contribution in [-0.4, -0.2) is 60.3 Å². The van der Waals surface area contributed by atoms with Gasteiger partial charge in [0.15, 0.2) is 0 Å². The fourth-order valence-electron chi connectivity index (χ4n) is 2.14. The van der Waals surface area contributed by atoms with Crippen LogP contribution in [-0.2, 0) is 11.3 Å². The van der Waals surface area contributed by atoms with Crippen LogP contribution in [0.25, 0.3) is 0 Å². The molecule has 106 valence electrons. The van der Waals surface area contributed by atoms with Gasteiger partial charge < -0.3 is 15.4 Å². The molecule has 0 bridgehead atoms. The largest absolute Gasteiger partial charge is 0.377 e. The van der Waals surface area contributed by atoms with Crippen molar-refractivity contribution in [3.63, 3.8) is 0 Å². The quantitative estimate of drug-likeness (QED) is 0.811. The van der Waals surface area contributed by atoms with Crippen molar-refractivity contribution in [2.24, 2.45) is 0 Å². The van der Waals surface area contributed by atoms with Crippen molar-refractivity contribution >= 4 is 11.9 Å². The van der Waals surface area contributed by atoms with E-state index in [9.17, 15) is 0 Å². The molecule has 0 aromatic carbocycles. The fraction of sp³-hybridized carbons (Fsp3) is 0.750. The highest BCUT2D eigenvalue weighted by molar-refractivity contribution is 5.32. The van der Waals surface area contributed by atoms with Gasteiger partial charge in [0.05, 0.1) is 12.6 Å². The second-order valence-corrected chi connectivity index (χ2v) is 5.14. The molecule has 0 amide bonds. The van der Waals surface area contributed by atoms with Crippen LogP contribution >= 0.6 is 0 Å². The first-order chi connectivity index (χ1) is 9.04. The topological polar surface area (TPSA) is 80.4 Å². The van der Waals surface area contributed by atoms with Crippen LogP contribution in [0.2, 0.25) is 0 Å². The lowest BCUT2D eigenvalue weighted by molar-refractivity contribution is 0.0786. The first-order valence-corrected chi connectivity index (χ1v) is 6.52. The number of nitrogens with two attached hydrogens (primary N) is 1. The summed E-state index contributed by atoms with van der Waals surface area (Å²) in [5, 5.41) is 0. The maximum Gasteiger partial charge on any atom is 0.229 e. The summed E-state index contributed by atoms with van der Waals surface area (Å²) >= 11 is 0. The Morgan fingerprint density at radius 3 is 2.68 bits per heavy atom. The molecule has 1 fully saturated rings. The summed E-state index contributed by atoms with van der Waals surface area (Å²) in [6, 6.07) is 0. The molecular formula is C12H22N6O. The van der Waals surface area contributed by atoms with E-state index in [0.29, 0.717) is 24.4 Å². The third-order valence-corrected chi connectivity index (χ3v) is 3.04. The normalized spacial score (nSPS) is 19.1. The number of hydrogen-bond acceptors (Lipinski definition) is 7. The van der Waals surface area contributed by atoms with Crippen LogP contribution in [0.5, 0.6) is 0 Å². The molecule has 1 aromatic heterocycles. The minimum absolute atomic E-state index is 0.263. The molecule has 2 N–H and O–H groups in total. The molecule has 1 aliphatic rings. The smallest absolute Gasteiger partial charge is 0.229 e. The third kappa shape index (κ3) is 4.00. The molecule has 0 radical (unpaired) electrons. The number of ether oxygens (including phenoxy) is 1. The van der Waals surface area contributed by atoms with Crippen molar-refractivity contribution in [2.75, 3.05) is 44.9 Å². The molecule has 7 heteroatoms. The number of hydrogen-bond donors (Lipinski definition) is 1. The monoisotopic (exact) mass is 266 g/mol. The highest BCUT2D eigenvalue weighted by Gasteiger charge is 2.18. The molecule has 0 spiro atoms. The third-order valence-electron chi connectivity index (χ3n) is 3.04. The van der Waals surface area contributed by atoms with E-state index in [-0.39, 0.29) is 5.95 Å². The summed E-state index contributed by atoms with van der Waals surface area (Å²) in [7, 11) is 5.81. The zero-order chi connectivity index (χ0) is 13.8. The van der Waals surface area contributed by atoms with Crippen LogP contribution in [0.15, 0.2) is 0 Å². The lowest BCUT2D eigenvalue weighted by Crippen LogP contribution is -2.29. The first kappa shape index (κ1) is 14.0. The highest BCUT2D eigenvalue weighted by atomic mass is 16.5. The Labute approximate surface area is 113 Å². The first-order valence-electron chi connectivity index (χ1n) is 6.52. The van der Waals surface area contributed by atoms with E-state index < -0.39 is 0 Å². The van der Waals surface area contributed by atoms with E-state index in [1.54, 1.807) is 0 Å². The van der Waals surface area contributed by atoms with E-state index in [4.69, 9.17) is 10.5 Å². The van der Waals surface area contributed by atoms with Gasteiger partial charge in [0.2, 0.25) is 11.9 Å². The van der Waals surface area contributed by atoms with Gasteiger partial charge >= 0.3 is 0 Å². The summed E-state index contributed by atoms with van der Waals surface area (Å²) in [6.45, 7) is 2.41. The van der Waals surface area contributed by atoms with E-state index >= 15 is 0 Å². The van der Waals surface area contributed by atoms with Gasteiger partial charge in [-0.2, -0.15) is 15.0 Å². The number of rotatable bonds is 5. The molecule has 1 aliphatic heterocycles. The molecule has 1 saturated heterocycles. The van der Waals surface area contributed by atoms with Gasteiger partial charge in [0.25, 0.3) is 0 Å². The average molecular weight is 266 g/mol. The van der Waals surface area contributed by atoms with Crippen molar-refractivity contribution in [3.8, 4) is 0 Å². The second-order valence-electron chi connectivity index (χ2n) is 5.14. The van der Waals surface area contributed by atoms with Crippen molar-refractivity contribution in [2.45, 2.75) is 25.5 Å². The molecule has 1 atom stereocenters. The highest BCUT2D eigenvalue weighted by Crippen LogP contribution is 2.14. The van der Waals surface area contributed by atoms with Crippen LogP contribution < -0.4 is 10.6 Å². The van der Waals surface area contributed by atoms with Gasteiger partial charge in [0, 0.05) is 27.2 Å². The zero-order valence-corrected chi connectivity index (χ0v) is 11.8. The van der Waals surface area contributed by atoms with E-state index in [2.05, 4.69) is 19.9 Å². The van der Waals surface area contributed by atoms with Gasteiger partial charge in [-0.15, -0.1) is 0 Å². The predicted molar refractivity (Wildman–Crippen MR) is 73.9 cm³/mol. The number of anilines is 2. The molecule has 0 saturated carbocycles. The lowest BCUT2D eigenvalue weighted by Gasteiger charge is -2.20. The van der Waals surface area contributed by atoms with Crippen LogP contribution in [0.4, 0.5) is 11.9 Å². The van der Waals surface area contributed by atoms with Gasteiger partial charge in [0.1, 0.15) is 5.82 Å². The maximum absolute atomic E-state index is 5.70. The van der Waals surface area contributed by atoms with Crippen molar-refractivity contribution in [3.05, 3.63) is 5.82 Å². The molecule has 7 nitrogen and oxygen atoms in total. The molecule has 19 heavy (non-hydrogen) atoms. The summed E-state index contributed by atoms with van der Waals surface area (Å²) in [5.74, 6) is 1.55. The van der Waals surface area contributed by atoms with Crippen LogP contribution in [0.3, 0.4) is 0 Å². The van der Waals surface area contributed by atoms with Crippen molar-refractivity contribution in [1.29, 1.82) is 0 Å². The molecular weight excluding hydrogens is 244 g/mol. The maximum atomic E-state index is 5.70. The molecule has 2 heterocycles. The Morgan fingerprint density at radius 2 is 2.05 bits per heavy atom. The summed E-state index contributed by atoms with van der Waals surface area (Å²) in [6.07, 6.45) is 2.62. The SMILES string of the molecule is CN(Cc1nc(N)nc(N(C)C)n1)C[C@H]1CCCO1. The lowest BCUT2D eigenvalue weighted by atomic mass is 10.2. The van der Waals surface area contributed by atoms with Gasteiger partial charge in [-0.1, -0.05) is 0 Å². The molecule has 0 aliphatic carbocycles. The van der Waals surface area contributed by atoms with Crippen molar-refractivity contribution < 1.29 is 4.74 Å². The Balaban J connectivity index is 1.97. The molecule has 2 rings (SSSR count). The molecule has 1 aromatic rings. The minimum Gasteiger partial charge on any atom is -0.377 e. The van der Waals surface area contributed by atoms with E-state index in [1.807, 2.05) is 26.0 Å². The summed E-state index contributed by atoms with van der Waals surface area (Å²) in [5.41, 5.74) is 5.70. The van der Waals surface area contributed by atoms with Crippen LogP contribution in [0.1, 0.15) is 18.7 Å². The Kier molecular flexibility index (Phi) is 4.49. The summed E-state index contributed by atoms with van der Waals surface area (Å²) in [4.78, 5) is 16.6. The van der Waals surface area contributed by atoms with Gasteiger partial charge in [-0.3, -0.25) is 4.90 Å². The van der Waals surface area contributed by atoms with Crippen LogP contribution in [0, 0.1) is 0 Å². The number of aromatic nitrogens is 3.